The molecule has 0 bridgehead atoms. The van der Waals surface area contributed by atoms with Gasteiger partial charge >= 0.3 is 6.03 Å². The van der Waals surface area contributed by atoms with Crippen molar-refractivity contribution in [1.29, 1.82) is 0 Å². The predicted octanol–water partition coefficient (Wildman–Crippen LogP) is 3.62. The molecule has 1 saturated heterocycles. The fourth-order valence-corrected chi connectivity index (χ4v) is 3.36. The van der Waals surface area contributed by atoms with Crippen molar-refractivity contribution >= 4 is 45.5 Å². The first kappa shape index (κ1) is 21.4. The Bertz CT molecular complexity index is 1050. The fraction of sp³-hybridized carbons (Fsp3) is 0.190. The molecule has 2 aromatic carbocycles. The molecular formula is C21H19BrN2O6. The zero-order chi connectivity index (χ0) is 21.8. The highest BCUT2D eigenvalue weighted by molar-refractivity contribution is 9.10. The van der Waals surface area contributed by atoms with Crippen LogP contribution in [0.3, 0.4) is 0 Å². The van der Waals surface area contributed by atoms with Gasteiger partial charge in [0.15, 0.2) is 11.5 Å². The number of amides is 4. The lowest BCUT2D eigenvalue weighted by molar-refractivity contribution is -0.122. The van der Waals surface area contributed by atoms with Crippen LogP contribution in [-0.4, -0.2) is 36.2 Å². The third kappa shape index (κ3) is 4.16. The van der Waals surface area contributed by atoms with Crippen LogP contribution in [0.2, 0.25) is 0 Å². The minimum absolute atomic E-state index is 0.0964. The van der Waals surface area contributed by atoms with Gasteiger partial charge in [0.1, 0.15) is 11.3 Å². The summed E-state index contributed by atoms with van der Waals surface area (Å²) in [5.74, 6) is -1.18. The lowest BCUT2D eigenvalue weighted by atomic mass is 10.1. The first-order valence-corrected chi connectivity index (χ1v) is 9.95. The second-order valence-electron chi connectivity index (χ2n) is 6.14. The van der Waals surface area contributed by atoms with Gasteiger partial charge in [0.2, 0.25) is 0 Å². The number of carbonyl (C=O) groups excluding carboxylic acids is 3. The summed E-state index contributed by atoms with van der Waals surface area (Å²) in [4.78, 5) is 38.8. The molecule has 1 heterocycles. The van der Waals surface area contributed by atoms with Crippen LogP contribution in [0.5, 0.6) is 17.2 Å². The number of phenols is 1. The molecule has 30 heavy (non-hydrogen) atoms. The minimum Gasteiger partial charge on any atom is -0.503 e. The van der Waals surface area contributed by atoms with E-state index in [0.29, 0.717) is 29.0 Å². The van der Waals surface area contributed by atoms with E-state index in [9.17, 15) is 19.5 Å². The van der Waals surface area contributed by atoms with Crippen molar-refractivity contribution in [2.45, 2.75) is 13.8 Å². The number of hydrogen-bond acceptors (Lipinski definition) is 6. The lowest BCUT2D eigenvalue weighted by Crippen LogP contribution is -2.54. The second-order valence-corrected chi connectivity index (χ2v) is 7.00. The number of phenolic OH excluding ortho intramolecular Hbond substituents is 1. The summed E-state index contributed by atoms with van der Waals surface area (Å²) in [5.41, 5.74) is 0.400. The van der Waals surface area contributed by atoms with Crippen molar-refractivity contribution in [3.63, 3.8) is 0 Å². The van der Waals surface area contributed by atoms with E-state index in [2.05, 4.69) is 21.2 Å². The van der Waals surface area contributed by atoms with Crippen molar-refractivity contribution in [1.82, 2.24) is 5.32 Å². The maximum atomic E-state index is 13.1. The number of nitrogens with one attached hydrogen (secondary N) is 1. The molecule has 2 N–H and O–H groups in total. The predicted molar refractivity (Wildman–Crippen MR) is 114 cm³/mol. The third-order valence-corrected chi connectivity index (χ3v) is 4.77. The average molecular weight is 475 g/mol. The molecular weight excluding hydrogens is 456 g/mol. The van der Waals surface area contributed by atoms with Gasteiger partial charge in [-0.1, -0.05) is 12.1 Å². The fourth-order valence-electron chi connectivity index (χ4n) is 2.91. The highest BCUT2D eigenvalue weighted by Gasteiger charge is 2.38. The number of urea groups is 1. The molecule has 1 fully saturated rings. The van der Waals surface area contributed by atoms with Crippen LogP contribution in [-0.2, 0) is 9.59 Å². The molecule has 0 unspecified atom stereocenters. The molecule has 8 nitrogen and oxygen atoms in total. The number of ether oxygens (including phenoxy) is 2. The van der Waals surface area contributed by atoms with E-state index in [4.69, 9.17) is 9.47 Å². The van der Waals surface area contributed by atoms with Crippen LogP contribution >= 0.6 is 15.9 Å². The Hall–Kier alpha value is -3.33. The Morgan fingerprint density at radius 2 is 1.73 bits per heavy atom. The average Bonchev–Trinajstić information content (AvgIpc) is 2.70. The van der Waals surface area contributed by atoms with E-state index in [0.717, 1.165) is 4.90 Å². The summed E-state index contributed by atoms with van der Waals surface area (Å²) < 4.78 is 11.2. The quantitative estimate of drug-likeness (QED) is 0.489. The zero-order valence-corrected chi connectivity index (χ0v) is 17.9. The number of aromatic hydroxyl groups is 1. The molecule has 9 heteroatoms. The molecule has 0 aromatic heterocycles. The van der Waals surface area contributed by atoms with Gasteiger partial charge in [-0.3, -0.25) is 14.9 Å². The number of para-hydroxylation sites is 2. The summed E-state index contributed by atoms with van der Waals surface area (Å²) in [5, 5.41) is 12.2. The van der Waals surface area contributed by atoms with Crippen LogP contribution in [0, 0.1) is 0 Å². The molecule has 3 rings (SSSR count). The maximum absolute atomic E-state index is 13.1. The maximum Gasteiger partial charge on any atom is 0.336 e. The highest BCUT2D eigenvalue weighted by Crippen LogP contribution is 2.37. The molecule has 1 aliphatic heterocycles. The lowest BCUT2D eigenvalue weighted by Gasteiger charge is -2.27. The normalized spacial score (nSPS) is 15.4. The van der Waals surface area contributed by atoms with Gasteiger partial charge < -0.3 is 14.6 Å². The van der Waals surface area contributed by atoms with E-state index >= 15 is 0 Å². The second kappa shape index (κ2) is 9.00. The highest BCUT2D eigenvalue weighted by atomic mass is 79.9. The molecule has 0 saturated carbocycles. The van der Waals surface area contributed by atoms with Gasteiger partial charge in [0.05, 0.1) is 23.4 Å². The van der Waals surface area contributed by atoms with Gasteiger partial charge in [0, 0.05) is 0 Å². The standard InChI is InChI=1S/C21H19BrN2O6/c1-3-29-16-8-6-5-7-15(16)24-20(27)13(19(26)23-21(24)28)9-12-10-14(22)18(25)17(11-12)30-4-2/h5-11,25H,3-4H2,1-2H3,(H,23,26,28)/b13-9+. The summed E-state index contributed by atoms with van der Waals surface area (Å²) in [6.07, 6.45) is 1.33. The SMILES string of the molecule is CCOc1ccccc1N1C(=O)NC(=O)/C(=C\c2cc(Br)c(O)c(OCC)c2)C1=O. The third-order valence-electron chi connectivity index (χ3n) is 4.17. The first-order chi connectivity index (χ1) is 14.4. The van der Waals surface area contributed by atoms with Gasteiger partial charge in [-0.05, 0) is 65.7 Å². The van der Waals surface area contributed by atoms with Crippen LogP contribution in [0.15, 0.2) is 46.4 Å². The number of barbiturate groups is 1. The van der Waals surface area contributed by atoms with E-state index < -0.39 is 17.8 Å². The Morgan fingerprint density at radius 3 is 2.43 bits per heavy atom. The molecule has 0 aliphatic carbocycles. The molecule has 0 spiro atoms. The Morgan fingerprint density at radius 1 is 1.07 bits per heavy atom. The van der Waals surface area contributed by atoms with Crippen LogP contribution in [0.1, 0.15) is 19.4 Å². The Kier molecular flexibility index (Phi) is 6.41. The summed E-state index contributed by atoms with van der Waals surface area (Å²) >= 11 is 3.22. The molecule has 2 aromatic rings. The largest absolute Gasteiger partial charge is 0.503 e. The summed E-state index contributed by atoms with van der Waals surface area (Å²) in [6, 6.07) is 8.71. The number of hydrogen-bond donors (Lipinski definition) is 2. The smallest absolute Gasteiger partial charge is 0.336 e. The van der Waals surface area contributed by atoms with E-state index in [1.807, 2.05) is 0 Å². The van der Waals surface area contributed by atoms with Crippen molar-refractivity contribution in [3.8, 4) is 17.2 Å². The molecule has 156 valence electrons. The van der Waals surface area contributed by atoms with Crippen LogP contribution < -0.4 is 19.7 Å². The van der Waals surface area contributed by atoms with Crippen molar-refractivity contribution < 1.29 is 29.0 Å². The first-order valence-electron chi connectivity index (χ1n) is 9.15. The van der Waals surface area contributed by atoms with E-state index in [-0.39, 0.29) is 22.8 Å². The number of anilines is 1. The monoisotopic (exact) mass is 474 g/mol. The van der Waals surface area contributed by atoms with E-state index in [1.54, 1.807) is 38.1 Å². The minimum atomic E-state index is -0.865. The van der Waals surface area contributed by atoms with E-state index in [1.165, 1.54) is 18.2 Å². The Labute approximate surface area is 181 Å². The molecule has 0 radical (unpaired) electrons. The number of carbonyl (C=O) groups is 3. The number of halogens is 1. The Balaban J connectivity index is 2.05. The van der Waals surface area contributed by atoms with Gasteiger partial charge in [-0.25, -0.2) is 9.69 Å². The summed E-state index contributed by atoms with van der Waals surface area (Å²) in [6.45, 7) is 4.19. The van der Waals surface area contributed by atoms with Crippen LogP contribution in [0.25, 0.3) is 6.08 Å². The number of imide groups is 2. The summed E-state index contributed by atoms with van der Waals surface area (Å²) in [7, 11) is 0. The van der Waals surface area contributed by atoms with Gasteiger partial charge in [-0.2, -0.15) is 0 Å². The molecule has 4 amide bonds. The van der Waals surface area contributed by atoms with Crippen molar-refractivity contribution in [2.24, 2.45) is 0 Å². The number of nitrogens with zero attached hydrogens (tertiary/aromatic N) is 1. The van der Waals surface area contributed by atoms with Crippen LogP contribution in [0.4, 0.5) is 10.5 Å². The van der Waals surface area contributed by atoms with Crippen molar-refractivity contribution in [2.75, 3.05) is 18.1 Å². The van der Waals surface area contributed by atoms with Gasteiger partial charge in [0.25, 0.3) is 11.8 Å². The number of rotatable bonds is 6. The molecule has 1 aliphatic rings. The topological polar surface area (TPSA) is 105 Å². The van der Waals surface area contributed by atoms with Crippen molar-refractivity contribution in [3.05, 3.63) is 52.0 Å². The molecule has 0 atom stereocenters. The number of benzene rings is 2. The zero-order valence-electron chi connectivity index (χ0n) is 16.3. The van der Waals surface area contributed by atoms with Gasteiger partial charge in [-0.15, -0.1) is 0 Å².